The van der Waals surface area contributed by atoms with Gasteiger partial charge in [-0.15, -0.1) is 12.4 Å². The number of sulfonamides is 1. The molecule has 0 spiro atoms. The molecular weight excluding hydrogens is 314 g/mol. The molecule has 8 heteroatoms. The summed E-state index contributed by atoms with van der Waals surface area (Å²) >= 11 is 0. The Labute approximate surface area is 133 Å². The van der Waals surface area contributed by atoms with E-state index in [1.165, 1.54) is 10.6 Å². The third kappa shape index (κ3) is 5.39. The highest BCUT2D eigenvalue weighted by Crippen LogP contribution is 2.24. The lowest BCUT2D eigenvalue weighted by atomic mass is 9.85. The second-order valence-electron chi connectivity index (χ2n) is 6.07. The fourth-order valence-electron chi connectivity index (χ4n) is 3.12. The first kappa shape index (κ1) is 18.7. The maximum Gasteiger partial charge on any atom is 0.223 e. The Balaban J connectivity index is 0.00000220. The van der Waals surface area contributed by atoms with E-state index < -0.39 is 10.0 Å². The van der Waals surface area contributed by atoms with Crippen LogP contribution in [0.1, 0.15) is 38.5 Å². The minimum Gasteiger partial charge on any atom is -0.353 e. The number of rotatable bonds is 3. The maximum absolute atomic E-state index is 12.2. The number of halogens is 1. The third-order valence-corrected chi connectivity index (χ3v) is 5.66. The van der Waals surface area contributed by atoms with E-state index in [2.05, 4.69) is 5.32 Å². The van der Waals surface area contributed by atoms with Crippen LogP contribution in [0.4, 0.5) is 0 Å². The SMILES string of the molecule is CS(=O)(=O)N1CCC(NC(=O)C2CCCC(N)C2)CC1.Cl. The molecule has 21 heavy (non-hydrogen) atoms. The summed E-state index contributed by atoms with van der Waals surface area (Å²) < 4.78 is 24.3. The van der Waals surface area contributed by atoms with E-state index in [1.54, 1.807) is 0 Å². The molecule has 3 N–H and O–H groups in total. The lowest BCUT2D eigenvalue weighted by Gasteiger charge is -2.32. The van der Waals surface area contributed by atoms with Crippen molar-refractivity contribution < 1.29 is 13.2 Å². The van der Waals surface area contributed by atoms with Gasteiger partial charge < -0.3 is 11.1 Å². The summed E-state index contributed by atoms with van der Waals surface area (Å²) in [6.45, 7) is 0.988. The van der Waals surface area contributed by atoms with Gasteiger partial charge in [-0.2, -0.15) is 0 Å². The van der Waals surface area contributed by atoms with Gasteiger partial charge in [-0.25, -0.2) is 12.7 Å². The van der Waals surface area contributed by atoms with Crippen molar-refractivity contribution >= 4 is 28.3 Å². The molecule has 2 rings (SSSR count). The predicted molar refractivity (Wildman–Crippen MR) is 84.8 cm³/mol. The molecule has 0 aromatic carbocycles. The average molecular weight is 340 g/mol. The van der Waals surface area contributed by atoms with Crippen LogP contribution in [0.3, 0.4) is 0 Å². The number of piperidine rings is 1. The number of hydrogen-bond donors (Lipinski definition) is 2. The zero-order valence-corrected chi connectivity index (χ0v) is 14.1. The van der Waals surface area contributed by atoms with Crippen LogP contribution in [0.25, 0.3) is 0 Å². The van der Waals surface area contributed by atoms with Crippen LogP contribution in [0.5, 0.6) is 0 Å². The minimum absolute atomic E-state index is 0. The van der Waals surface area contributed by atoms with Crippen molar-refractivity contribution in [2.45, 2.75) is 50.6 Å². The second-order valence-corrected chi connectivity index (χ2v) is 8.05. The Bertz CT molecular complexity index is 450. The fourth-order valence-corrected chi connectivity index (χ4v) is 3.99. The number of nitrogens with one attached hydrogen (secondary N) is 1. The lowest BCUT2D eigenvalue weighted by molar-refractivity contribution is -0.127. The van der Waals surface area contributed by atoms with Crippen LogP contribution in [-0.4, -0.2) is 50.1 Å². The van der Waals surface area contributed by atoms with Crippen LogP contribution in [0, 0.1) is 5.92 Å². The van der Waals surface area contributed by atoms with E-state index in [-0.39, 0.29) is 36.3 Å². The first-order valence-corrected chi connectivity index (χ1v) is 9.22. The second kappa shape index (κ2) is 7.76. The van der Waals surface area contributed by atoms with Gasteiger partial charge >= 0.3 is 0 Å². The number of carbonyl (C=O) groups is 1. The zero-order valence-electron chi connectivity index (χ0n) is 12.5. The Morgan fingerprint density at radius 2 is 1.81 bits per heavy atom. The Morgan fingerprint density at radius 1 is 1.19 bits per heavy atom. The van der Waals surface area contributed by atoms with Crippen molar-refractivity contribution in [1.29, 1.82) is 0 Å². The van der Waals surface area contributed by atoms with E-state index in [0.717, 1.165) is 25.7 Å². The number of amides is 1. The molecule has 2 atom stereocenters. The van der Waals surface area contributed by atoms with Gasteiger partial charge in [0.1, 0.15) is 0 Å². The summed E-state index contributed by atoms with van der Waals surface area (Å²) in [6, 6.07) is 0.241. The van der Waals surface area contributed by atoms with E-state index in [1.807, 2.05) is 0 Å². The summed E-state index contributed by atoms with van der Waals surface area (Å²) in [5.74, 6) is 0.129. The van der Waals surface area contributed by atoms with Crippen molar-refractivity contribution in [2.75, 3.05) is 19.3 Å². The largest absolute Gasteiger partial charge is 0.353 e. The quantitative estimate of drug-likeness (QED) is 0.781. The van der Waals surface area contributed by atoms with E-state index in [9.17, 15) is 13.2 Å². The molecule has 124 valence electrons. The minimum atomic E-state index is -3.10. The van der Waals surface area contributed by atoms with Gasteiger partial charge in [-0.3, -0.25) is 4.79 Å². The van der Waals surface area contributed by atoms with Gasteiger partial charge in [0.25, 0.3) is 0 Å². The van der Waals surface area contributed by atoms with Gasteiger partial charge in [-0.05, 0) is 32.1 Å². The van der Waals surface area contributed by atoms with Crippen LogP contribution >= 0.6 is 12.4 Å². The summed E-state index contributed by atoms with van der Waals surface area (Å²) in [5.41, 5.74) is 5.91. The summed E-state index contributed by atoms with van der Waals surface area (Å²) in [4.78, 5) is 12.2. The molecular formula is C13H26ClN3O3S. The first-order chi connectivity index (χ1) is 9.36. The lowest BCUT2D eigenvalue weighted by Crippen LogP contribution is -2.48. The zero-order chi connectivity index (χ0) is 14.8. The highest BCUT2D eigenvalue weighted by atomic mass is 35.5. The predicted octanol–water partition coefficient (Wildman–Crippen LogP) is 0.466. The topological polar surface area (TPSA) is 92.5 Å². The summed E-state index contributed by atoms with van der Waals surface area (Å²) in [6.07, 6.45) is 6.34. The summed E-state index contributed by atoms with van der Waals surface area (Å²) in [7, 11) is -3.10. The molecule has 1 aliphatic heterocycles. The third-order valence-electron chi connectivity index (χ3n) is 4.35. The van der Waals surface area contributed by atoms with Crippen LogP contribution in [0.2, 0.25) is 0 Å². The Morgan fingerprint density at radius 3 is 2.33 bits per heavy atom. The van der Waals surface area contributed by atoms with Gasteiger partial charge in [0.2, 0.25) is 15.9 Å². The maximum atomic E-state index is 12.2. The van der Waals surface area contributed by atoms with Crippen LogP contribution < -0.4 is 11.1 Å². The molecule has 0 aromatic heterocycles. The monoisotopic (exact) mass is 339 g/mol. The number of carbonyl (C=O) groups excluding carboxylic acids is 1. The standard InChI is InChI=1S/C13H25N3O3S.ClH/c1-20(18,19)16-7-5-12(6-8-16)15-13(17)10-3-2-4-11(14)9-10;/h10-12H,2-9,14H2,1H3,(H,15,17);1H. The molecule has 0 aromatic rings. The van der Waals surface area contributed by atoms with Crippen molar-refractivity contribution in [3.05, 3.63) is 0 Å². The molecule has 2 unspecified atom stereocenters. The highest BCUT2D eigenvalue weighted by molar-refractivity contribution is 7.88. The molecule has 6 nitrogen and oxygen atoms in total. The van der Waals surface area contributed by atoms with Crippen molar-refractivity contribution in [3.8, 4) is 0 Å². The highest BCUT2D eigenvalue weighted by Gasteiger charge is 2.29. The smallest absolute Gasteiger partial charge is 0.223 e. The molecule has 0 radical (unpaired) electrons. The first-order valence-electron chi connectivity index (χ1n) is 7.37. The van der Waals surface area contributed by atoms with Gasteiger partial charge in [-0.1, -0.05) is 6.42 Å². The molecule has 2 aliphatic rings. The fraction of sp³-hybridized carbons (Fsp3) is 0.923. The molecule has 1 saturated heterocycles. The molecule has 1 heterocycles. The molecule has 1 saturated carbocycles. The molecule has 1 aliphatic carbocycles. The van der Waals surface area contributed by atoms with Crippen LogP contribution in [-0.2, 0) is 14.8 Å². The number of nitrogens with two attached hydrogens (primary N) is 1. The van der Waals surface area contributed by atoms with Crippen molar-refractivity contribution in [2.24, 2.45) is 11.7 Å². The molecule has 1 amide bonds. The van der Waals surface area contributed by atoms with Gasteiger partial charge in [0, 0.05) is 31.1 Å². The van der Waals surface area contributed by atoms with Crippen LogP contribution in [0.15, 0.2) is 0 Å². The van der Waals surface area contributed by atoms with Gasteiger partial charge in [0.05, 0.1) is 6.26 Å². The molecule has 2 fully saturated rings. The van der Waals surface area contributed by atoms with Crippen molar-refractivity contribution in [1.82, 2.24) is 9.62 Å². The van der Waals surface area contributed by atoms with E-state index in [0.29, 0.717) is 25.9 Å². The number of nitrogens with zero attached hydrogens (tertiary/aromatic N) is 1. The summed E-state index contributed by atoms with van der Waals surface area (Å²) in [5, 5.41) is 3.07. The Kier molecular flexibility index (Phi) is 6.90. The molecule has 0 bridgehead atoms. The Hall–Kier alpha value is -0.370. The van der Waals surface area contributed by atoms with Crippen molar-refractivity contribution in [3.63, 3.8) is 0 Å². The average Bonchev–Trinajstić information content (AvgIpc) is 2.38. The number of hydrogen-bond acceptors (Lipinski definition) is 4. The van der Waals surface area contributed by atoms with E-state index in [4.69, 9.17) is 5.73 Å². The van der Waals surface area contributed by atoms with Gasteiger partial charge in [0.15, 0.2) is 0 Å². The normalized spacial score (nSPS) is 28.7. The van der Waals surface area contributed by atoms with E-state index >= 15 is 0 Å².